The van der Waals surface area contributed by atoms with E-state index >= 15 is 0 Å². The van der Waals surface area contributed by atoms with Crippen molar-refractivity contribution in [3.63, 3.8) is 0 Å². The van der Waals surface area contributed by atoms with E-state index in [9.17, 15) is 0 Å². The van der Waals surface area contributed by atoms with Crippen LogP contribution in [0.15, 0.2) is 36.9 Å². The van der Waals surface area contributed by atoms with Crippen LogP contribution in [0.1, 0.15) is 0 Å². The van der Waals surface area contributed by atoms with Gasteiger partial charge in [0.25, 0.3) is 0 Å². The third-order valence-corrected chi connectivity index (χ3v) is 2.50. The van der Waals surface area contributed by atoms with Crippen LogP contribution in [0.3, 0.4) is 0 Å². The number of hydrogen-bond acceptors (Lipinski definition) is 2. The van der Waals surface area contributed by atoms with E-state index < -0.39 is 0 Å². The molecular formula is C11H13ClN4S2. The summed E-state index contributed by atoms with van der Waals surface area (Å²) >= 11 is 15.8. The van der Waals surface area contributed by atoms with E-state index in [0.717, 1.165) is 5.69 Å². The van der Waals surface area contributed by atoms with E-state index in [2.05, 4.69) is 28.1 Å². The quantitative estimate of drug-likeness (QED) is 0.390. The maximum absolute atomic E-state index is 5.78. The Kier molecular flexibility index (Phi) is 6.42. The highest BCUT2D eigenvalue weighted by molar-refractivity contribution is 7.80. The summed E-state index contributed by atoms with van der Waals surface area (Å²) in [5.41, 5.74) is 6.33. The van der Waals surface area contributed by atoms with Crippen molar-refractivity contribution in [1.82, 2.24) is 16.2 Å². The molecule has 0 saturated heterocycles. The first-order valence-corrected chi connectivity index (χ1v) is 6.28. The Morgan fingerprint density at radius 3 is 2.39 bits per heavy atom. The number of thiocarbonyl (C=S) groups is 2. The lowest BCUT2D eigenvalue weighted by molar-refractivity contribution is 0.839. The minimum absolute atomic E-state index is 0.403. The Morgan fingerprint density at radius 2 is 1.78 bits per heavy atom. The molecule has 0 bridgehead atoms. The number of anilines is 1. The highest BCUT2D eigenvalue weighted by Gasteiger charge is 1.98. The van der Waals surface area contributed by atoms with Crippen LogP contribution < -0.4 is 21.5 Å². The summed E-state index contributed by atoms with van der Waals surface area (Å²) in [6.07, 6.45) is 1.71. The monoisotopic (exact) mass is 300 g/mol. The molecule has 1 rings (SSSR count). The number of rotatable bonds is 3. The lowest BCUT2D eigenvalue weighted by atomic mass is 10.3. The normalized spacial score (nSPS) is 9.17. The summed E-state index contributed by atoms with van der Waals surface area (Å²) in [7, 11) is 0. The van der Waals surface area contributed by atoms with Crippen molar-refractivity contribution in [1.29, 1.82) is 0 Å². The van der Waals surface area contributed by atoms with Gasteiger partial charge in [-0.15, -0.1) is 6.58 Å². The van der Waals surface area contributed by atoms with Crippen LogP contribution in [-0.4, -0.2) is 16.8 Å². The number of hydrazine groups is 1. The van der Waals surface area contributed by atoms with Gasteiger partial charge in [-0.05, 0) is 48.7 Å². The van der Waals surface area contributed by atoms with Gasteiger partial charge in [-0.3, -0.25) is 10.9 Å². The lowest BCUT2D eigenvalue weighted by Crippen LogP contribution is -2.48. The number of benzene rings is 1. The number of hydrogen-bond donors (Lipinski definition) is 4. The van der Waals surface area contributed by atoms with Crippen molar-refractivity contribution in [2.45, 2.75) is 0 Å². The molecule has 4 nitrogen and oxygen atoms in total. The topological polar surface area (TPSA) is 48.1 Å². The van der Waals surface area contributed by atoms with Crippen molar-refractivity contribution in [2.24, 2.45) is 0 Å². The Morgan fingerprint density at radius 1 is 1.17 bits per heavy atom. The average Bonchev–Trinajstić information content (AvgIpc) is 2.36. The van der Waals surface area contributed by atoms with Crippen LogP contribution in [0.2, 0.25) is 5.02 Å². The van der Waals surface area contributed by atoms with Gasteiger partial charge in [0.1, 0.15) is 0 Å². The molecule has 1 aromatic carbocycles. The van der Waals surface area contributed by atoms with Crippen molar-refractivity contribution in [3.8, 4) is 0 Å². The highest BCUT2D eigenvalue weighted by Crippen LogP contribution is 2.12. The van der Waals surface area contributed by atoms with Gasteiger partial charge in [-0.25, -0.2) is 0 Å². The Labute approximate surface area is 122 Å². The molecule has 0 aliphatic heterocycles. The third kappa shape index (κ3) is 5.81. The minimum Gasteiger partial charge on any atom is -0.358 e. The fraction of sp³-hybridized carbons (Fsp3) is 0.0909. The summed E-state index contributed by atoms with van der Waals surface area (Å²) in [6, 6.07) is 7.20. The molecule has 18 heavy (non-hydrogen) atoms. The summed E-state index contributed by atoms with van der Waals surface area (Å²) in [4.78, 5) is 0. The van der Waals surface area contributed by atoms with Crippen LogP contribution in [-0.2, 0) is 0 Å². The Balaban J connectivity index is 2.31. The second-order valence-electron chi connectivity index (χ2n) is 3.21. The first kappa shape index (κ1) is 14.7. The molecule has 0 amide bonds. The summed E-state index contributed by atoms with van der Waals surface area (Å²) in [6.45, 7) is 4.16. The van der Waals surface area contributed by atoms with Crippen LogP contribution in [0, 0.1) is 0 Å². The summed E-state index contributed by atoms with van der Waals surface area (Å²) in [5.74, 6) is 0. The smallest absolute Gasteiger partial charge is 0.189 e. The molecule has 7 heteroatoms. The van der Waals surface area contributed by atoms with E-state index in [0.29, 0.717) is 21.8 Å². The van der Waals surface area contributed by atoms with Gasteiger partial charge in [-0.2, -0.15) is 0 Å². The van der Waals surface area contributed by atoms with Gasteiger partial charge in [0, 0.05) is 17.3 Å². The zero-order valence-electron chi connectivity index (χ0n) is 9.50. The zero-order chi connectivity index (χ0) is 13.4. The number of halogens is 1. The minimum atomic E-state index is 0.403. The van der Waals surface area contributed by atoms with Gasteiger partial charge < -0.3 is 10.6 Å². The standard InChI is InChI=1S/C11H13ClN4S2/c1-2-7-13-10(17)15-16-11(18)14-9-5-3-8(12)4-6-9/h2-6H,1,7H2,(H2,13,15,17)(H2,14,16,18). The van der Waals surface area contributed by atoms with E-state index in [4.69, 9.17) is 36.0 Å². The van der Waals surface area contributed by atoms with Crippen molar-refractivity contribution in [2.75, 3.05) is 11.9 Å². The van der Waals surface area contributed by atoms with E-state index in [1.54, 1.807) is 18.2 Å². The maximum atomic E-state index is 5.78. The van der Waals surface area contributed by atoms with Crippen LogP contribution in [0.25, 0.3) is 0 Å². The van der Waals surface area contributed by atoms with Crippen molar-refractivity contribution < 1.29 is 0 Å². The molecule has 0 radical (unpaired) electrons. The van der Waals surface area contributed by atoms with Crippen LogP contribution in [0.5, 0.6) is 0 Å². The van der Waals surface area contributed by atoms with Gasteiger partial charge in [0.15, 0.2) is 10.2 Å². The number of nitrogens with one attached hydrogen (secondary N) is 4. The highest BCUT2D eigenvalue weighted by atomic mass is 35.5. The maximum Gasteiger partial charge on any atom is 0.189 e. The second kappa shape index (κ2) is 7.86. The van der Waals surface area contributed by atoms with Crippen molar-refractivity contribution >= 4 is 51.9 Å². The molecule has 0 saturated carbocycles. The first-order chi connectivity index (χ1) is 8.61. The van der Waals surface area contributed by atoms with Gasteiger partial charge in [0.2, 0.25) is 0 Å². The molecule has 1 aromatic rings. The molecule has 4 N–H and O–H groups in total. The Bertz CT molecular complexity index is 433. The van der Waals surface area contributed by atoms with E-state index in [1.165, 1.54) is 0 Å². The molecule has 0 aromatic heterocycles. The molecule has 0 fully saturated rings. The SMILES string of the molecule is C=CCNC(=S)NNC(=S)Nc1ccc(Cl)cc1. The molecule has 0 unspecified atom stereocenters. The molecule has 0 spiro atoms. The van der Waals surface area contributed by atoms with Gasteiger partial charge in [-0.1, -0.05) is 17.7 Å². The predicted octanol–water partition coefficient (Wildman–Crippen LogP) is 2.19. The Hall–Kier alpha value is -1.37. The largest absolute Gasteiger partial charge is 0.358 e. The molecule has 96 valence electrons. The fourth-order valence-electron chi connectivity index (χ4n) is 1.02. The van der Waals surface area contributed by atoms with E-state index in [1.807, 2.05) is 12.1 Å². The molecular weight excluding hydrogens is 288 g/mol. The third-order valence-electron chi connectivity index (χ3n) is 1.80. The lowest BCUT2D eigenvalue weighted by Gasteiger charge is -2.13. The van der Waals surface area contributed by atoms with E-state index in [-0.39, 0.29) is 0 Å². The predicted molar refractivity (Wildman–Crippen MR) is 84.7 cm³/mol. The summed E-state index contributed by atoms with van der Waals surface area (Å²) in [5, 5.41) is 7.38. The second-order valence-corrected chi connectivity index (χ2v) is 4.46. The zero-order valence-corrected chi connectivity index (χ0v) is 11.9. The molecule has 0 heterocycles. The molecule has 0 aliphatic carbocycles. The summed E-state index contributed by atoms with van der Waals surface area (Å²) < 4.78 is 0. The van der Waals surface area contributed by atoms with Gasteiger partial charge in [0.05, 0.1) is 0 Å². The fourth-order valence-corrected chi connectivity index (χ4v) is 1.45. The van der Waals surface area contributed by atoms with Crippen LogP contribution >= 0.6 is 36.0 Å². The van der Waals surface area contributed by atoms with Gasteiger partial charge >= 0.3 is 0 Å². The molecule has 0 aliphatic rings. The first-order valence-electron chi connectivity index (χ1n) is 5.09. The average molecular weight is 301 g/mol. The van der Waals surface area contributed by atoms with Crippen molar-refractivity contribution in [3.05, 3.63) is 41.9 Å². The molecule has 0 atom stereocenters. The van der Waals surface area contributed by atoms with Crippen LogP contribution in [0.4, 0.5) is 5.69 Å².